The zero-order valence-electron chi connectivity index (χ0n) is 10.6. The van der Waals surface area contributed by atoms with Crippen molar-refractivity contribution in [1.29, 1.82) is 0 Å². The SMILES string of the molecule is CCNC(c1cccc(C)c1)C(C)(C)C. The molecule has 1 nitrogen and oxygen atoms in total. The summed E-state index contributed by atoms with van der Waals surface area (Å²) in [6.07, 6.45) is 0. The fourth-order valence-corrected chi connectivity index (χ4v) is 1.98. The lowest BCUT2D eigenvalue weighted by Crippen LogP contribution is -2.32. The summed E-state index contributed by atoms with van der Waals surface area (Å²) in [5, 5.41) is 3.57. The second-order valence-corrected chi connectivity index (χ2v) is 5.27. The molecule has 15 heavy (non-hydrogen) atoms. The van der Waals surface area contributed by atoms with Gasteiger partial charge in [-0.1, -0.05) is 57.5 Å². The van der Waals surface area contributed by atoms with Crippen molar-refractivity contribution in [2.45, 2.75) is 40.7 Å². The molecule has 1 heteroatoms. The number of benzene rings is 1. The Balaban J connectivity index is 2.99. The summed E-state index contributed by atoms with van der Waals surface area (Å²) < 4.78 is 0. The molecule has 0 fully saturated rings. The van der Waals surface area contributed by atoms with Crippen LogP contribution >= 0.6 is 0 Å². The molecular formula is C14H23N. The zero-order chi connectivity index (χ0) is 11.5. The monoisotopic (exact) mass is 205 g/mol. The van der Waals surface area contributed by atoms with Gasteiger partial charge in [0.15, 0.2) is 0 Å². The van der Waals surface area contributed by atoms with Crippen LogP contribution in [0.25, 0.3) is 0 Å². The van der Waals surface area contributed by atoms with Gasteiger partial charge in [-0.25, -0.2) is 0 Å². The predicted molar refractivity (Wildman–Crippen MR) is 67.1 cm³/mol. The van der Waals surface area contributed by atoms with Crippen molar-refractivity contribution in [1.82, 2.24) is 5.32 Å². The highest BCUT2D eigenvalue weighted by Gasteiger charge is 2.24. The number of hydrogen-bond donors (Lipinski definition) is 1. The Morgan fingerprint density at radius 3 is 2.40 bits per heavy atom. The van der Waals surface area contributed by atoms with Gasteiger partial charge in [-0.05, 0) is 24.4 Å². The van der Waals surface area contributed by atoms with Gasteiger partial charge in [-0.2, -0.15) is 0 Å². The van der Waals surface area contributed by atoms with E-state index in [0.29, 0.717) is 6.04 Å². The number of rotatable bonds is 3. The van der Waals surface area contributed by atoms with E-state index in [1.165, 1.54) is 11.1 Å². The molecule has 1 aromatic rings. The molecule has 1 N–H and O–H groups in total. The lowest BCUT2D eigenvalue weighted by molar-refractivity contribution is 0.276. The van der Waals surface area contributed by atoms with E-state index in [-0.39, 0.29) is 5.41 Å². The Labute approximate surface area is 93.9 Å². The maximum absolute atomic E-state index is 3.57. The standard InChI is InChI=1S/C14H23N/c1-6-15-13(14(3,4)5)12-9-7-8-11(2)10-12/h7-10,13,15H,6H2,1-5H3. The molecule has 1 aromatic carbocycles. The predicted octanol–water partition coefficient (Wildman–Crippen LogP) is 3.69. The van der Waals surface area contributed by atoms with Gasteiger partial charge in [0.2, 0.25) is 0 Å². The van der Waals surface area contributed by atoms with Gasteiger partial charge in [0.1, 0.15) is 0 Å². The first-order valence-corrected chi connectivity index (χ1v) is 5.75. The van der Waals surface area contributed by atoms with E-state index in [9.17, 15) is 0 Å². The molecule has 0 aliphatic heterocycles. The first-order valence-electron chi connectivity index (χ1n) is 5.75. The second kappa shape index (κ2) is 4.80. The smallest absolute Gasteiger partial charge is 0.0369 e. The van der Waals surface area contributed by atoms with Crippen molar-refractivity contribution in [2.24, 2.45) is 5.41 Å². The summed E-state index contributed by atoms with van der Waals surface area (Å²) in [5.41, 5.74) is 2.98. The van der Waals surface area contributed by atoms with Crippen molar-refractivity contribution in [3.63, 3.8) is 0 Å². The van der Waals surface area contributed by atoms with Crippen LogP contribution in [0.3, 0.4) is 0 Å². The lowest BCUT2D eigenvalue weighted by Gasteiger charge is -2.32. The third-order valence-corrected chi connectivity index (χ3v) is 2.65. The molecule has 0 amide bonds. The molecule has 0 bridgehead atoms. The molecular weight excluding hydrogens is 182 g/mol. The minimum Gasteiger partial charge on any atom is -0.310 e. The van der Waals surface area contributed by atoms with Gasteiger partial charge in [0.25, 0.3) is 0 Å². The number of aryl methyl sites for hydroxylation is 1. The van der Waals surface area contributed by atoms with E-state index in [4.69, 9.17) is 0 Å². The van der Waals surface area contributed by atoms with Crippen LogP contribution in [0.5, 0.6) is 0 Å². The second-order valence-electron chi connectivity index (χ2n) is 5.27. The van der Waals surface area contributed by atoms with Crippen LogP contribution in [-0.4, -0.2) is 6.54 Å². The average Bonchev–Trinajstić information content (AvgIpc) is 2.12. The summed E-state index contributed by atoms with van der Waals surface area (Å²) >= 11 is 0. The molecule has 0 aliphatic rings. The lowest BCUT2D eigenvalue weighted by atomic mass is 9.82. The van der Waals surface area contributed by atoms with Gasteiger partial charge in [-0.15, -0.1) is 0 Å². The first-order chi connectivity index (χ1) is 6.95. The molecule has 84 valence electrons. The number of hydrogen-bond acceptors (Lipinski definition) is 1. The van der Waals surface area contributed by atoms with Gasteiger partial charge < -0.3 is 5.32 Å². The Hall–Kier alpha value is -0.820. The summed E-state index contributed by atoms with van der Waals surface area (Å²) in [6.45, 7) is 12.2. The van der Waals surface area contributed by atoms with Crippen LogP contribution in [0.2, 0.25) is 0 Å². The van der Waals surface area contributed by atoms with Crippen LogP contribution in [0.4, 0.5) is 0 Å². The fraction of sp³-hybridized carbons (Fsp3) is 0.571. The highest BCUT2D eigenvalue weighted by molar-refractivity contribution is 5.26. The van der Waals surface area contributed by atoms with E-state index >= 15 is 0 Å². The molecule has 1 unspecified atom stereocenters. The molecule has 0 spiro atoms. The quantitative estimate of drug-likeness (QED) is 0.793. The zero-order valence-corrected chi connectivity index (χ0v) is 10.6. The summed E-state index contributed by atoms with van der Waals surface area (Å²) in [4.78, 5) is 0. The van der Waals surface area contributed by atoms with Crippen molar-refractivity contribution in [3.8, 4) is 0 Å². The minimum absolute atomic E-state index is 0.254. The van der Waals surface area contributed by atoms with E-state index in [1.54, 1.807) is 0 Å². The topological polar surface area (TPSA) is 12.0 Å². The Morgan fingerprint density at radius 2 is 1.93 bits per heavy atom. The van der Waals surface area contributed by atoms with E-state index in [1.807, 2.05) is 0 Å². The van der Waals surface area contributed by atoms with Gasteiger partial charge >= 0.3 is 0 Å². The molecule has 0 aliphatic carbocycles. The van der Waals surface area contributed by atoms with E-state index < -0.39 is 0 Å². The summed E-state index contributed by atoms with van der Waals surface area (Å²) in [5.74, 6) is 0. The van der Waals surface area contributed by atoms with E-state index in [2.05, 4.69) is 64.2 Å². The Bertz CT molecular complexity index is 309. The summed E-state index contributed by atoms with van der Waals surface area (Å²) in [7, 11) is 0. The van der Waals surface area contributed by atoms with Gasteiger partial charge in [0.05, 0.1) is 0 Å². The Kier molecular flexibility index (Phi) is 3.92. The van der Waals surface area contributed by atoms with Crippen molar-refractivity contribution in [3.05, 3.63) is 35.4 Å². The van der Waals surface area contributed by atoms with Gasteiger partial charge in [-0.3, -0.25) is 0 Å². The first kappa shape index (κ1) is 12.3. The van der Waals surface area contributed by atoms with Crippen molar-refractivity contribution >= 4 is 0 Å². The molecule has 0 radical (unpaired) electrons. The van der Waals surface area contributed by atoms with E-state index in [0.717, 1.165) is 6.54 Å². The van der Waals surface area contributed by atoms with Crippen molar-refractivity contribution in [2.75, 3.05) is 6.54 Å². The highest BCUT2D eigenvalue weighted by atomic mass is 14.9. The van der Waals surface area contributed by atoms with Crippen molar-refractivity contribution < 1.29 is 0 Å². The third kappa shape index (κ3) is 3.35. The normalized spacial score (nSPS) is 13.9. The van der Waals surface area contributed by atoms with Crippen LogP contribution < -0.4 is 5.32 Å². The fourth-order valence-electron chi connectivity index (χ4n) is 1.98. The van der Waals surface area contributed by atoms with Crippen LogP contribution in [0.1, 0.15) is 44.9 Å². The minimum atomic E-state index is 0.254. The van der Waals surface area contributed by atoms with Crippen LogP contribution in [0.15, 0.2) is 24.3 Å². The number of nitrogens with one attached hydrogen (secondary N) is 1. The molecule has 0 saturated heterocycles. The molecule has 0 saturated carbocycles. The molecule has 0 aromatic heterocycles. The largest absolute Gasteiger partial charge is 0.310 e. The van der Waals surface area contributed by atoms with Gasteiger partial charge in [0, 0.05) is 6.04 Å². The summed E-state index contributed by atoms with van der Waals surface area (Å²) in [6, 6.07) is 9.21. The molecule has 1 rings (SSSR count). The third-order valence-electron chi connectivity index (χ3n) is 2.65. The Morgan fingerprint density at radius 1 is 1.27 bits per heavy atom. The van der Waals surface area contributed by atoms with Crippen LogP contribution in [-0.2, 0) is 0 Å². The molecule has 1 atom stereocenters. The average molecular weight is 205 g/mol. The molecule has 0 heterocycles. The van der Waals surface area contributed by atoms with Crippen LogP contribution in [0, 0.1) is 12.3 Å². The highest BCUT2D eigenvalue weighted by Crippen LogP contribution is 2.32. The maximum Gasteiger partial charge on any atom is 0.0369 e. The maximum atomic E-state index is 3.57.